The van der Waals surface area contributed by atoms with E-state index in [1.807, 2.05) is 0 Å². The molecular weight excluding hydrogens is 212 g/mol. The lowest BCUT2D eigenvalue weighted by atomic mass is 10.3. The van der Waals surface area contributed by atoms with Crippen molar-refractivity contribution in [1.82, 2.24) is 4.90 Å². The smallest absolute Gasteiger partial charge is 0.231 e. The molecule has 0 radical (unpaired) electrons. The van der Waals surface area contributed by atoms with Crippen LogP contribution in [0.25, 0.3) is 0 Å². The molecule has 3 saturated heterocycles. The minimum absolute atomic E-state index is 0.484. The van der Waals surface area contributed by atoms with E-state index in [2.05, 4.69) is 4.90 Å². The summed E-state index contributed by atoms with van der Waals surface area (Å²) in [5.74, 6) is 0. The highest BCUT2D eigenvalue weighted by atomic mass is 16.6. The van der Waals surface area contributed by atoms with Crippen molar-refractivity contribution in [2.75, 3.05) is 39.5 Å². The van der Waals surface area contributed by atoms with Crippen LogP contribution in [0.2, 0.25) is 0 Å². The van der Waals surface area contributed by atoms with Crippen LogP contribution in [-0.4, -0.2) is 68.7 Å². The number of epoxide rings is 3. The molecule has 3 heterocycles. The summed E-state index contributed by atoms with van der Waals surface area (Å²) in [4.78, 5) is 10.8. The van der Waals surface area contributed by atoms with E-state index >= 15 is 0 Å². The van der Waals surface area contributed by atoms with Crippen LogP contribution < -0.4 is 0 Å². The van der Waals surface area contributed by atoms with Gasteiger partial charge in [0.15, 0.2) is 0 Å². The third kappa shape index (κ3) is 4.83. The van der Waals surface area contributed by atoms with Crippen molar-refractivity contribution in [2.45, 2.75) is 18.3 Å². The first kappa shape index (κ1) is 11.7. The van der Waals surface area contributed by atoms with Crippen LogP contribution in [0.3, 0.4) is 0 Å². The minimum atomic E-state index is 0.484. The Labute approximate surface area is 94.0 Å². The van der Waals surface area contributed by atoms with Gasteiger partial charge in [0.25, 0.3) is 0 Å². The number of hydrogen-bond acceptors (Lipinski definition) is 6. The normalized spacial score (nSPS) is 33.7. The molecule has 0 amide bonds. The number of nitrogens with one attached hydrogen (secondary N) is 1. The second-order valence-corrected chi connectivity index (χ2v) is 4.19. The highest BCUT2D eigenvalue weighted by molar-refractivity contribution is 5.26. The second-order valence-electron chi connectivity index (χ2n) is 4.19. The molecule has 3 aliphatic rings. The monoisotopic (exact) mass is 228 g/mol. The Balaban J connectivity index is 0.000000292. The number of rotatable bonds is 6. The Morgan fingerprint density at radius 1 is 1.00 bits per heavy atom. The van der Waals surface area contributed by atoms with Gasteiger partial charge in [-0.25, -0.2) is 10.2 Å². The first-order chi connectivity index (χ1) is 7.81. The van der Waals surface area contributed by atoms with Gasteiger partial charge in [0.05, 0.1) is 38.1 Å². The molecule has 0 aromatic rings. The Hall–Kier alpha value is -0.780. The lowest BCUT2D eigenvalue weighted by Crippen LogP contribution is -2.34. The second kappa shape index (κ2) is 5.52. The highest BCUT2D eigenvalue weighted by Crippen LogP contribution is 2.18. The predicted octanol–water partition coefficient (Wildman–Crippen LogP) is -0.614. The molecule has 0 saturated carbocycles. The van der Waals surface area contributed by atoms with Gasteiger partial charge in [-0.15, -0.1) is 0 Å². The van der Waals surface area contributed by atoms with Gasteiger partial charge in [-0.2, -0.15) is 0 Å². The molecule has 3 aliphatic heterocycles. The topological polar surface area (TPSA) is 81.8 Å². The van der Waals surface area contributed by atoms with Gasteiger partial charge < -0.3 is 14.2 Å². The fourth-order valence-corrected chi connectivity index (χ4v) is 1.61. The van der Waals surface area contributed by atoms with Crippen LogP contribution in [0.15, 0.2) is 0 Å². The predicted molar refractivity (Wildman–Crippen MR) is 54.1 cm³/mol. The maximum atomic E-state index is 8.35. The number of nitrogens with zero attached hydrogens (tertiary/aromatic N) is 1. The van der Waals surface area contributed by atoms with Gasteiger partial charge >= 0.3 is 0 Å². The van der Waals surface area contributed by atoms with Crippen molar-refractivity contribution < 1.29 is 19.0 Å². The number of carbonyl (C=O) groups excluding carboxylic acids is 1. The van der Waals surface area contributed by atoms with Gasteiger partial charge in [-0.1, -0.05) is 0 Å². The Bertz CT molecular complexity index is 222. The summed E-state index contributed by atoms with van der Waals surface area (Å²) < 4.78 is 15.7. The van der Waals surface area contributed by atoms with E-state index < -0.39 is 0 Å². The van der Waals surface area contributed by atoms with E-state index in [1.54, 1.807) is 0 Å². The fourth-order valence-electron chi connectivity index (χ4n) is 1.61. The van der Waals surface area contributed by atoms with E-state index in [0.29, 0.717) is 18.3 Å². The fraction of sp³-hybridized carbons (Fsp3) is 0.900. The third-order valence-corrected chi connectivity index (χ3v) is 2.59. The van der Waals surface area contributed by atoms with Gasteiger partial charge in [0.2, 0.25) is 6.08 Å². The largest absolute Gasteiger partial charge is 0.372 e. The molecule has 90 valence electrons. The van der Waals surface area contributed by atoms with Crippen molar-refractivity contribution in [3.8, 4) is 0 Å². The standard InChI is InChI=1S/C9H15NO3.CHNO/c1(7-4-11-7)10(2-8-5-12-8)3-9-6-13-9;2-1-3/h7-9H,1-6H2;2H. The van der Waals surface area contributed by atoms with E-state index in [-0.39, 0.29) is 0 Å². The Morgan fingerprint density at radius 2 is 1.25 bits per heavy atom. The maximum absolute atomic E-state index is 8.35. The van der Waals surface area contributed by atoms with Crippen LogP contribution in [-0.2, 0) is 19.0 Å². The number of isocyanates is 1. The zero-order valence-electron chi connectivity index (χ0n) is 9.05. The van der Waals surface area contributed by atoms with Crippen LogP contribution in [0.1, 0.15) is 0 Å². The molecule has 3 unspecified atom stereocenters. The van der Waals surface area contributed by atoms with Gasteiger partial charge in [-0.3, -0.25) is 4.90 Å². The summed E-state index contributed by atoms with van der Waals surface area (Å²) in [6, 6.07) is 0. The summed E-state index contributed by atoms with van der Waals surface area (Å²) in [6.45, 7) is 5.98. The highest BCUT2D eigenvalue weighted by Gasteiger charge is 2.34. The SMILES string of the molecule is C1OC1CN(CC1CO1)CC1CO1.N=C=O. The molecule has 16 heavy (non-hydrogen) atoms. The van der Waals surface area contributed by atoms with Crippen molar-refractivity contribution in [3.05, 3.63) is 0 Å². The minimum Gasteiger partial charge on any atom is -0.372 e. The Kier molecular flexibility index (Phi) is 4.04. The summed E-state index contributed by atoms with van der Waals surface area (Å²) >= 11 is 0. The molecule has 0 aromatic carbocycles. The average Bonchev–Trinajstić information content (AvgIpc) is 3.09. The summed E-state index contributed by atoms with van der Waals surface area (Å²) in [5.41, 5.74) is 0. The molecule has 3 fully saturated rings. The lowest BCUT2D eigenvalue weighted by Gasteiger charge is -2.18. The zero-order chi connectivity index (χ0) is 11.4. The Morgan fingerprint density at radius 3 is 1.44 bits per heavy atom. The van der Waals surface area contributed by atoms with Crippen molar-refractivity contribution in [2.24, 2.45) is 0 Å². The summed E-state index contributed by atoms with van der Waals surface area (Å²) in [5, 5.41) is 5.40. The molecule has 0 spiro atoms. The molecule has 0 bridgehead atoms. The van der Waals surface area contributed by atoms with Crippen molar-refractivity contribution in [1.29, 1.82) is 5.41 Å². The quantitative estimate of drug-likeness (QED) is 0.372. The molecular formula is C10H16N2O4. The summed E-state index contributed by atoms with van der Waals surface area (Å²) in [7, 11) is 0. The zero-order valence-corrected chi connectivity index (χ0v) is 9.05. The molecule has 6 nitrogen and oxygen atoms in total. The molecule has 0 aromatic heterocycles. The van der Waals surface area contributed by atoms with Crippen LogP contribution in [0.4, 0.5) is 0 Å². The van der Waals surface area contributed by atoms with Crippen LogP contribution in [0.5, 0.6) is 0 Å². The molecule has 6 heteroatoms. The lowest BCUT2D eigenvalue weighted by molar-refractivity contribution is 0.202. The molecule has 3 atom stereocenters. The summed E-state index contributed by atoms with van der Waals surface area (Å²) in [6.07, 6.45) is 2.20. The van der Waals surface area contributed by atoms with Crippen molar-refractivity contribution in [3.63, 3.8) is 0 Å². The van der Waals surface area contributed by atoms with Crippen LogP contribution >= 0.6 is 0 Å². The van der Waals surface area contributed by atoms with Gasteiger partial charge in [-0.05, 0) is 0 Å². The average molecular weight is 228 g/mol. The van der Waals surface area contributed by atoms with Gasteiger partial charge in [0, 0.05) is 19.6 Å². The number of ether oxygens (including phenoxy) is 3. The molecule has 3 rings (SSSR count). The number of hydrogen-bond donors (Lipinski definition) is 1. The van der Waals surface area contributed by atoms with E-state index in [9.17, 15) is 0 Å². The van der Waals surface area contributed by atoms with E-state index in [0.717, 1.165) is 45.5 Å². The first-order valence-corrected chi connectivity index (χ1v) is 5.43. The molecule has 0 aliphatic carbocycles. The van der Waals surface area contributed by atoms with Gasteiger partial charge in [0.1, 0.15) is 0 Å². The van der Waals surface area contributed by atoms with Crippen molar-refractivity contribution >= 4 is 6.08 Å². The maximum Gasteiger partial charge on any atom is 0.231 e. The first-order valence-electron chi connectivity index (χ1n) is 5.43. The third-order valence-electron chi connectivity index (χ3n) is 2.59. The van der Waals surface area contributed by atoms with Crippen LogP contribution in [0, 0.1) is 5.41 Å². The molecule has 1 N–H and O–H groups in total. The van der Waals surface area contributed by atoms with E-state index in [4.69, 9.17) is 24.4 Å². The van der Waals surface area contributed by atoms with E-state index in [1.165, 1.54) is 0 Å².